The number of amides is 1. The summed E-state index contributed by atoms with van der Waals surface area (Å²) in [5, 5.41) is 2.48. The molecule has 0 bridgehead atoms. The molecule has 2 aromatic carbocycles. The Morgan fingerprint density at radius 2 is 1.74 bits per heavy atom. The van der Waals surface area contributed by atoms with Crippen LogP contribution in [0, 0.1) is 11.6 Å². The number of morpholine rings is 1. The third-order valence-corrected chi connectivity index (χ3v) is 8.43. The maximum Gasteiger partial charge on any atom is 0.247 e. The van der Waals surface area contributed by atoms with Crippen molar-refractivity contribution in [2.45, 2.75) is 17.9 Å². The Morgan fingerprint density at radius 1 is 1.09 bits per heavy atom. The van der Waals surface area contributed by atoms with E-state index in [0.29, 0.717) is 10.4 Å². The van der Waals surface area contributed by atoms with Crippen molar-refractivity contribution in [2.24, 2.45) is 0 Å². The van der Waals surface area contributed by atoms with Crippen molar-refractivity contribution >= 4 is 37.3 Å². The highest BCUT2D eigenvalue weighted by Crippen LogP contribution is 2.31. The van der Waals surface area contributed by atoms with Gasteiger partial charge in [-0.2, -0.15) is 4.31 Å². The summed E-state index contributed by atoms with van der Waals surface area (Å²) in [6.45, 7) is 2.03. The van der Waals surface area contributed by atoms with Crippen LogP contribution < -0.4 is 14.4 Å². The first-order chi connectivity index (χ1) is 16.4. The molecule has 35 heavy (non-hydrogen) atoms. The van der Waals surface area contributed by atoms with E-state index < -0.39 is 43.6 Å². The topological polar surface area (TPSA) is 122 Å². The van der Waals surface area contributed by atoms with Gasteiger partial charge in [0, 0.05) is 24.8 Å². The molecule has 1 heterocycles. The Balaban J connectivity index is 1.92. The summed E-state index contributed by atoms with van der Waals surface area (Å²) in [5.74, 6) is -3.23. The highest BCUT2D eigenvalue weighted by atomic mass is 32.2. The molecule has 1 N–H and O–H groups in total. The lowest BCUT2D eigenvalue weighted by Gasteiger charge is -2.28. The van der Waals surface area contributed by atoms with Crippen LogP contribution in [0.4, 0.5) is 20.2 Å². The molecular formula is C21H25F2N3O7S2. The Hall–Kier alpha value is -2.81. The van der Waals surface area contributed by atoms with Gasteiger partial charge < -0.3 is 14.8 Å². The lowest BCUT2D eigenvalue weighted by Crippen LogP contribution is -2.45. The molecule has 1 atom stereocenters. The van der Waals surface area contributed by atoms with Crippen molar-refractivity contribution in [3.8, 4) is 5.75 Å². The van der Waals surface area contributed by atoms with E-state index in [1.807, 2.05) is 0 Å². The second kappa shape index (κ2) is 10.4. The maximum absolute atomic E-state index is 13.7. The average molecular weight is 534 g/mol. The van der Waals surface area contributed by atoms with Crippen molar-refractivity contribution in [1.82, 2.24) is 4.31 Å². The number of carbonyl (C=O) groups excluding carboxylic acids is 1. The lowest BCUT2D eigenvalue weighted by atomic mass is 10.2. The van der Waals surface area contributed by atoms with Crippen molar-refractivity contribution in [3.05, 3.63) is 48.0 Å². The van der Waals surface area contributed by atoms with E-state index in [2.05, 4.69) is 5.32 Å². The molecule has 1 amide bonds. The number of nitrogens with zero attached hydrogens (tertiary/aromatic N) is 2. The number of methoxy groups -OCH3 is 1. The first-order valence-corrected chi connectivity index (χ1v) is 13.7. The first-order valence-electron chi connectivity index (χ1n) is 10.4. The number of sulfonamides is 2. The smallest absolute Gasteiger partial charge is 0.247 e. The zero-order chi connectivity index (χ0) is 26.0. The van der Waals surface area contributed by atoms with Crippen LogP contribution in [0.3, 0.4) is 0 Å². The third kappa shape index (κ3) is 5.89. The van der Waals surface area contributed by atoms with Gasteiger partial charge in [-0.05, 0) is 37.3 Å². The molecule has 2 aromatic rings. The molecule has 10 nitrogen and oxygen atoms in total. The van der Waals surface area contributed by atoms with Gasteiger partial charge >= 0.3 is 0 Å². The van der Waals surface area contributed by atoms with Crippen molar-refractivity contribution in [1.29, 1.82) is 0 Å². The minimum atomic E-state index is -4.09. The molecule has 1 aliphatic heterocycles. The fourth-order valence-electron chi connectivity index (χ4n) is 3.56. The fraction of sp³-hybridized carbons (Fsp3) is 0.381. The number of hydrogen-bond acceptors (Lipinski definition) is 7. The zero-order valence-corrected chi connectivity index (χ0v) is 20.8. The van der Waals surface area contributed by atoms with E-state index in [1.54, 1.807) is 0 Å². The number of ether oxygens (including phenoxy) is 2. The molecule has 14 heteroatoms. The summed E-state index contributed by atoms with van der Waals surface area (Å²) in [5.41, 5.74) is -0.187. The van der Waals surface area contributed by atoms with E-state index in [4.69, 9.17) is 9.47 Å². The average Bonchev–Trinajstić information content (AvgIpc) is 2.81. The van der Waals surface area contributed by atoms with Crippen molar-refractivity contribution in [3.63, 3.8) is 0 Å². The number of carbonyl (C=O) groups is 1. The second-order valence-corrected chi connectivity index (χ2v) is 11.5. The van der Waals surface area contributed by atoms with E-state index in [-0.39, 0.29) is 48.3 Å². The van der Waals surface area contributed by atoms with Crippen LogP contribution in [0.25, 0.3) is 0 Å². The van der Waals surface area contributed by atoms with E-state index in [9.17, 15) is 30.4 Å². The molecule has 0 aliphatic carbocycles. The quantitative estimate of drug-likeness (QED) is 0.549. The van der Waals surface area contributed by atoms with E-state index >= 15 is 0 Å². The normalized spacial score (nSPS) is 15.9. The Labute approximate surface area is 202 Å². The zero-order valence-electron chi connectivity index (χ0n) is 19.2. The molecule has 3 rings (SSSR count). The largest absolute Gasteiger partial charge is 0.495 e. The van der Waals surface area contributed by atoms with Gasteiger partial charge in [0.05, 0.1) is 32.3 Å². The highest BCUT2D eigenvalue weighted by molar-refractivity contribution is 7.92. The minimum absolute atomic E-state index is 0.0575. The molecule has 0 aromatic heterocycles. The summed E-state index contributed by atoms with van der Waals surface area (Å²) >= 11 is 0. The van der Waals surface area contributed by atoms with Crippen LogP contribution in [0.5, 0.6) is 5.75 Å². The summed E-state index contributed by atoms with van der Waals surface area (Å²) in [4.78, 5) is 12.8. The number of hydrogen-bond donors (Lipinski definition) is 1. The number of nitrogens with one attached hydrogen (secondary N) is 1. The van der Waals surface area contributed by atoms with Gasteiger partial charge in [0.1, 0.15) is 16.7 Å². The summed E-state index contributed by atoms with van der Waals surface area (Å²) in [7, 11) is -6.77. The molecular weight excluding hydrogens is 508 g/mol. The van der Waals surface area contributed by atoms with Crippen LogP contribution >= 0.6 is 0 Å². The second-order valence-electron chi connectivity index (χ2n) is 7.70. The fourth-order valence-corrected chi connectivity index (χ4v) is 6.32. The molecule has 192 valence electrons. The van der Waals surface area contributed by atoms with Gasteiger partial charge in [-0.3, -0.25) is 9.10 Å². The van der Waals surface area contributed by atoms with Gasteiger partial charge in [0.15, 0.2) is 11.6 Å². The molecule has 0 spiro atoms. The standard InChI is InChI=1S/C21H25F2N3O7S2/c1-14(26(34(3,28)29)16-5-6-17(22)18(23)13-16)21(27)24-15-4-7-19(32-2)20(12-15)35(30,31)25-8-10-33-11-9-25/h4-7,12-14H,8-11H2,1-3H3,(H,24,27)/t14-/m0/s1. The van der Waals surface area contributed by atoms with Crippen LogP contribution in [0.2, 0.25) is 0 Å². The molecule has 0 radical (unpaired) electrons. The molecule has 1 fully saturated rings. The SMILES string of the molecule is COc1ccc(NC(=O)[C@H](C)N(c2ccc(F)c(F)c2)S(C)(=O)=O)cc1S(=O)(=O)N1CCOCC1. The minimum Gasteiger partial charge on any atom is -0.495 e. The Kier molecular flexibility index (Phi) is 7.99. The lowest BCUT2D eigenvalue weighted by molar-refractivity contribution is -0.116. The monoisotopic (exact) mass is 533 g/mol. The summed E-state index contributed by atoms with van der Waals surface area (Å²) in [6.07, 6.45) is 0.818. The van der Waals surface area contributed by atoms with Crippen LogP contribution in [0.1, 0.15) is 6.92 Å². The van der Waals surface area contributed by atoms with Gasteiger partial charge in [-0.15, -0.1) is 0 Å². The van der Waals surface area contributed by atoms with Gasteiger partial charge in [-0.25, -0.2) is 25.6 Å². The van der Waals surface area contributed by atoms with E-state index in [0.717, 1.165) is 18.4 Å². The number of anilines is 2. The summed E-state index contributed by atoms with van der Waals surface area (Å²) < 4.78 is 90.4. The number of rotatable bonds is 8. The predicted octanol–water partition coefficient (Wildman–Crippen LogP) is 1.79. The number of benzene rings is 2. The maximum atomic E-state index is 13.7. The van der Waals surface area contributed by atoms with Gasteiger partial charge in [-0.1, -0.05) is 0 Å². The predicted molar refractivity (Wildman–Crippen MR) is 124 cm³/mol. The number of halogens is 2. The van der Waals surface area contributed by atoms with Crippen LogP contribution in [-0.4, -0.2) is 72.8 Å². The van der Waals surface area contributed by atoms with Crippen LogP contribution in [-0.2, 0) is 29.6 Å². The molecule has 1 saturated heterocycles. The van der Waals surface area contributed by atoms with Crippen LogP contribution in [0.15, 0.2) is 41.3 Å². The Morgan fingerprint density at radius 3 is 2.31 bits per heavy atom. The molecule has 1 aliphatic rings. The molecule has 0 saturated carbocycles. The van der Waals surface area contributed by atoms with E-state index in [1.165, 1.54) is 36.5 Å². The van der Waals surface area contributed by atoms with Crippen molar-refractivity contribution < 1.29 is 39.9 Å². The molecule has 0 unspecified atom stereocenters. The van der Waals surface area contributed by atoms with Gasteiger partial charge in [0.25, 0.3) is 0 Å². The highest BCUT2D eigenvalue weighted by Gasteiger charge is 2.32. The van der Waals surface area contributed by atoms with Crippen molar-refractivity contribution in [2.75, 3.05) is 49.3 Å². The first kappa shape index (κ1) is 26.8. The van der Waals surface area contributed by atoms with Gasteiger partial charge in [0.2, 0.25) is 26.0 Å². The Bertz CT molecular complexity index is 1310. The third-order valence-electron chi connectivity index (χ3n) is 5.27. The summed E-state index contributed by atoms with van der Waals surface area (Å²) in [6, 6.07) is 5.01.